The molecule has 15 heavy (non-hydrogen) atoms. The average Bonchev–Trinajstić information content (AvgIpc) is 2.46. The van der Waals surface area contributed by atoms with Gasteiger partial charge in [0.05, 0.1) is 12.2 Å². The van der Waals surface area contributed by atoms with Crippen molar-refractivity contribution in [2.24, 2.45) is 0 Å². The molecule has 0 spiro atoms. The van der Waals surface area contributed by atoms with Gasteiger partial charge in [0.25, 0.3) is 0 Å². The smallest absolute Gasteiger partial charge is 0.141 e. The normalized spacial score (nSPS) is 10.3. The molecule has 0 aliphatic rings. The van der Waals surface area contributed by atoms with Crippen LogP contribution in [0.15, 0.2) is 11.1 Å². The Balaban J connectivity index is 2.74. The Morgan fingerprint density at radius 1 is 1.60 bits per heavy atom. The van der Waals surface area contributed by atoms with Gasteiger partial charge < -0.3 is 4.52 Å². The lowest BCUT2D eigenvalue weighted by Crippen LogP contribution is -2.20. The Hall–Kier alpha value is -1.53. The minimum Gasteiger partial charge on any atom is -0.361 e. The Labute approximate surface area is 90.8 Å². The van der Waals surface area contributed by atoms with Gasteiger partial charge in [-0.25, -0.2) is 0 Å². The molecule has 0 aliphatic carbocycles. The first-order valence-corrected chi connectivity index (χ1v) is 4.79. The molecule has 0 unspecified atom stereocenters. The first-order valence-electron chi connectivity index (χ1n) is 4.79. The van der Waals surface area contributed by atoms with E-state index in [0.717, 1.165) is 29.1 Å². The highest BCUT2D eigenvalue weighted by Crippen LogP contribution is 2.21. The molecule has 3 nitrogen and oxygen atoms in total. The minimum absolute atomic E-state index is 0.613. The molecule has 1 aromatic heterocycles. The summed E-state index contributed by atoms with van der Waals surface area (Å²) in [4.78, 5) is 2.02. The van der Waals surface area contributed by atoms with Crippen molar-refractivity contribution < 1.29 is 4.52 Å². The summed E-state index contributed by atoms with van der Waals surface area (Å²) < 4.78 is 5.09. The van der Waals surface area contributed by atoms with Crippen LogP contribution in [0, 0.1) is 26.2 Å². The number of hydrogen-bond acceptors (Lipinski definition) is 3. The Bertz CT molecular complexity index is 379. The first-order chi connectivity index (χ1) is 7.06. The summed E-state index contributed by atoms with van der Waals surface area (Å²) >= 11 is 0. The summed E-state index contributed by atoms with van der Waals surface area (Å²) in [6.45, 7) is 9.18. The molecule has 1 rings (SSSR count). The van der Waals surface area contributed by atoms with Gasteiger partial charge in [0.1, 0.15) is 5.76 Å². The van der Waals surface area contributed by atoms with Gasteiger partial charge in [0.15, 0.2) is 0 Å². The van der Waals surface area contributed by atoms with E-state index >= 15 is 0 Å². The third-order valence-electron chi connectivity index (χ3n) is 2.21. The summed E-state index contributed by atoms with van der Waals surface area (Å²) in [7, 11) is 1.96. The topological polar surface area (TPSA) is 29.3 Å². The number of hydrogen-bond donors (Lipinski definition) is 0. The Morgan fingerprint density at radius 2 is 2.27 bits per heavy atom. The molecule has 1 aromatic rings. The zero-order valence-electron chi connectivity index (χ0n) is 9.50. The minimum atomic E-state index is 0.613. The molecular weight excluding hydrogens is 188 g/mol. The predicted molar refractivity (Wildman–Crippen MR) is 61.3 cm³/mol. The van der Waals surface area contributed by atoms with E-state index in [1.165, 1.54) is 0 Å². The Morgan fingerprint density at radius 3 is 2.73 bits per heavy atom. The van der Waals surface area contributed by atoms with Crippen LogP contribution in [0.1, 0.15) is 17.0 Å². The van der Waals surface area contributed by atoms with E-state index in [0.29, 0.717) is 6.54 Å². The zero-order valence-corrected chi connectivity index (χ0v) is 9.50. The van der Waals surface area contributed by atoms with Gasteiger partial charge in [0, 0.05) is 12.1 Å². The number of aromatic nitrogens is 1. The maximum Gasteiger partial charge on any atom is 0.141 e. The van der Waals surface area contributed by atoms with E-state index in [1.54, 1.807) is 0 Å². The van der Waals surface area contributed by atoms with Gasteiger partial charge in [-0.3, -0.25) is 4.90 Å². The van der Waals surface area contributed by atoms with Crippen LogP contribution in [0.2, 0.25) is 0 Å². The van der Waals surface area contributed by atoms with Crippen LogP contribution in [-0.2, 0) is 0 Å². The van der Waals surface area contributed by atoms with Gasteiger partial charge in [-0.15, -0.1) is 6.42 Å². The van der Waals surface area contributed by atoms with Gasteiger partial charge in [-0.2, -0.15) is 0 Å². The maximum atomic E-state index is 5.23. The highest BCUT2D eigenvalue weighted by molar-refractivity contribution is 5.67. The van der Waals surface area contributed by atoms with E-state index in [-0.39, 0.29) is 0 Å². The summed E-state index contributed by atoms with van der Waals surface area (Å²) in [5.74, 6) is 3.40. The van der Waals surface area contributed by atoms with Crippen molar-refractivity contribution in [1.29, 1.82) is 0 Å². The Kier molecular flexibility index (Phi) is 3.70. The molecule has 0 bridgehead atoms. The fraction of sp³-hybridized carbons (Fsp3) is 0.417. The number of aryl methyl sites for hydroxylation is 2. The largest absolute Gasteiger partial charge is 0.361 e. The molecule has 0 amide bonds. The van der Waals surface area contributed by atoms with E-state index in [2.05, 4.69) is 17.7 Å². The molecule has 1 heterocycles. The number of terminal acetylenes is 1. The summed E-state index contributed by atoms with van der Waals surface area (Å²) in [5, 5.41) is 3.90. The van der Waals surface area contributed by atoms with Crippen LogP contribution in [0.5, 0.6) is 0 Å². The zero-order chi connectivity index (χ0) is 11.4. The lowest BCUT2D eigenvalue weighted by Gasteiger charge is -2.14. The number of nitrogens with zero attached hydrogens (tertiary/aromatic N) is 2. The van der Waals surface area contributed by atoms with E-state index in [1.807, 2.05) is 25.8 Å². The molecule has 0 N–H and O–H groups in total. The predicted octanol–water partition coefficient (Wildman–Crippen LogP) is 1.87. The quantitative estimate of drug-likeness (QED) is 0.701. The molecule has 3 heteroatoms. The molecule has 0 fully saturated rings. The van der Waals surface area contributed by atoms with Crippen molar-refractivity contribution in [3.63, 3.8) is 0 Å². The fourth-order valence-electron chi connectivity index (χ4n) is 1.60. The molecule has 0 radical (unpaired) electrons. The van der Waals surface area contributed by atoms with Crippen molar-refractivity contribution in [2.45, 2.75) is 13.8 Å². The van der Waals surface area contributed by atoms with Crippen LogP contribution in [0.25, 0.3) is 5.57 Å². The van der Waals surface area contributed by atoms with E-state index in [4.69, 9.17) is 10.9 Å². The third-order valence-corrected chi connectivity index (χ3v) is 2.21. The highest BCUT2D eigenvalue weighted by atomic mass is 16.5. The second-order valence-electron chi connectivity index (χ2n) is 3.68. The van der Waals surface area contributed by atoms with Crippen LogP contribution in [0.3, 0.4) is 0 Å². The van der Waals surface area contributed by atoms with Crippen LogP contribution in [-0.4, -0.2) is 30.2 Å². The van der Waals surface area contributed by atoms with Crippen molar-refractivity contribution in [3.8, 4) is 12.3 Å². The van der Waals surface area contributed by atoms with Crippen molar-refractivity contribution in [1.82, 2.24) is 10.1 Å². The second-order valence-corrected chi connectivity index (χ2v) is 3.68. The lowest BCUT2D eigenvalue weighted by molar-refractivity contribution is 0.392. The van der Waals surface area contributed by atoms with E-state index in [9.17, 15) is 0 Å². The molecule has 0 saturated heterocycles. The summed E-state index contributed by atoms with van der Waals surface area (Å²) in [6, 6.07) is 0. The molecule has 0 aliphatic heterocycles. The van der Waals surface area contributed by atoms with Crippen molar-refractivity contribution >= 4 is 5.57 Å². The third kappa shape index (κ3) is 2.71. The highest BCUT2D eigenvalue weighted by Gasteiger charge is 2.13. The molecule has 0 aromatic carbocycles. The monoisotopic (exact) mass is 204 g/mol. The van der Waals surface area contributed by atoms with E-state index < -0.39 is 0 Å². The van der Waals surface area contributed by atoms with Crippen molar-refractivity contribution in [2.75, 3.05) is 20.1 Å². The van der Waals surface area contributed by atoms with Crippen LogP contribution >= 0.6 is 0 Å². The average molecular weight is 204 g/mol. The van der Waals surface area contributed by atoms with Gasteiger partial charge in [-0.05, 0) is 26.5 Å². The van der Waals surface area contributed by atoms with Gasteiger partial charge in [0.2, 0.25) is 0 Å². The number of rotatable bonds is 4. The number of likely N-dealkylation sites (N-methyl/N-ethyl adjacent to an activating group) is 1. The van der Waals surface area contributed by atoms with Crippen molar-refractivity contribution in [3.05, 3.63) is 23.6 Å². The van der Waals surface area contributed by atoms with Crippen LogP contribution < -0.4 is 0 Å². The molecule has 0 atom stereocenters. The molecule has 0 saturated carbocycles. The SMILES string of the molecule is C#CCN(C)CC(=C)c1c(C)noc1C. The molecular formula is C12H16N2O. The second kappa shape index (κ2) is 4.81. The lowest BCUT2D eigenvalue weighted by atomic mass is 10.1. The molecule has 80 valence electrons. The summed E-state index contributed by atoms with van der Waals surface area (Å²) in [5.41, 5.74) is 2.88. The van der Waals surface area contributed by atoms with Gasteiger partial charge in [-0.1, -0.05) is 17.7 Å². The summed E-state index contributed by atoms with van der Waals surface area (Å²) in [6.07, 6.45) is 5.23. The van der Waals surface area contributed by atoms with Gasteiger partial charge >= 0.3 is 0 Å². The first kappa shape index (κ1) is 11.5. The van der Waals surface area contributed by atoms with Crippen LogP contribution in [0.4, 0.5) is 0 Å². The standard InChI is InChI=1S/C12H16N2O/c1-6-7-14(5)8-9(2)12-10(3)13-15-11(12)4/h1H,2,7-8H2,3-5H3. The fourth-order valence-corrected chi connectivity index (χ4v) is 1.60. The maximum absolute atomic E-state index is 5.23.